The summed E-state index contributed by atoms with van der Waals surface area (Å²) in [4.78, 5) is 19.4. The Hall–Kier alpha value is -1.88. The van der Waals surface area contributed by atoms with Crippen LogP contribution in [0.15, 0.2) is 24.3 Å². The van der Waals surface area contributed by atoms with Crippen LogP contribution in [0.4, 0.5) is 0 Å². The smallest absolute Gasteiger partial charge is 0.237 e. The van der Waals surface area contributed by atoms with Crippen LogP contribution in [-0.4, -0.2) is 46.0 Å². The van der Waals surface area contributed by atoms with Gasteiger partial charge in [0.1, 0.15) is 5.82 Å². The molecule has 0 radical (unpaired) electrons. The second-order valence-corrected chi connectivity index (χ2v) is 6.64. The molecule has 0 aliphatic carbocycles. The molecule has 130 valence electrons. The van der Waals surface area contributed by atoms with Gasteiger partial charge in [-0.05, 0) is 50.9 Å². The summed E-state index contributed by atoms with van der Waals surface area (Å²) in [5, 5.41) is 3.12. The molecule has 0 saturated carbocycles. The second kappa shape index (κ2) is 7.79. The molecule has 2 heterocycles. The summed E-state index contributed by atoms with van der Waals surface area (Å²) in [5.74, 6) is 1.27. The molecule has 5 nitrogen and oxygen atoms in total. The predicted octanol–water partition coefficient (Wildman–Crippen LogP) is 2.50. The number of nitrogens with zero attached hydrogens (tertiary/aromatic N) is 3. The van der Waals surface area contributed by atoms with Crippen molar-refractivity contribution in [3.8, 4) is 0 Å². The Morgan fingerprint density at radius 2 is 2.04 bits per heavy atom. The minimum atomic E-state index is 0.0447. The molecule has 0 spiro atoms. The fourth-order valence-electron chi connectivity index (χ4n) is 3.66. The third-order valence-corrected chi connectivity index (χ3v) is 5.03. The Morgan fingerprint density at radius 1 is 1.29 bits per heavy atom. The van der Waals surface area contributed by atoms with E-state index < -0.39 is 0 Å². The molecule has 0 bridgehead atoms. The van der Waals surface area contributed by atoms with E-state index in [-0.39, 0.29) is 11.9 Å². The minimum Gasteiger partial charge on any atom is -0.355 e. The standard InChI is InChI=1S/C19H28N4O/c1-3-16(23-13-6-7-14-23)19(24)20-12-8-11-18-21-15-9-4-5-10-17(15)22(18)2/h4-5,9-10,16H,3,6-8,11-14H2,1-2H3,(H,20,24). The molecule has 1 aliphatic heterocycles. The van der Waals surface area contributed by atoms with Gasteiger partial charge in [0, 0.05) is 20.0 Å². The van der Waals surface area contributed by atoms with Crippen LogP contribution in [0.2, 0.25) is 0 Å². The van der Waals surface area contributed by atoms with Crippen LogP contribution in [0, 0.1) is 0 Å². The van der Waals surface area contributed by atoms with E-state index in [1.54, 1.807) is 0 Å². The average molecular weight is 328 g/mol. The third-order valence-electron chi connectivity index (χ3n) is 5.03. The van der Waals surface area contributed by atoms with Crippen LogP contribution in [0.5, 0.6) is 0 Å². The van der Waals surface area contributed by atoms with Crippen LogP contribution in [-0.2, 0) is 18.3 Å². The monoisotopic (exact) mass is 328 g/mol. The number of para-hydroxylation sites is 2. The number of hydrogen-bond acceptors (Lipinski definition) is 3. The number of aromatic nitrogens is 2. The maximum Gasteiger partial charge on any atom is 0.237 e. The predicted molar refractivity (Wildman–Crippen MR) is 96.9 cm³/mol. The summed E-state index contributed by atoms with van der Waals surface area (Å²) in [6.07, 6.45) is 5.12. The number of likely N-dealkylation sites (tertiary alicyclic amines) is 1. The summed E-state index contributed by atoms with van der Waals surface area (Å²) < 4.78 is 2.15. The van der Waals surface area contributed by atoms with E-state index in [0.29, 0.717) is 6.54 Å². The van der Waals surface area contributed by atoms with E-state index in [4.69, 9.17) is 0 Å². The van der Waals surface area contributed by atoms with Gasteiger partial charge < -0.3 is 9.88 Å². The third kappa shape index (κ3) is 3.61. The van der Waals surface area contributed by atoms with Gasteiger partial charge >= 0.3 is 0 Å². The summed E-state index contributed by atoms with van der Waals surface area (Å²) >= 11 is 0. The lowest BCUT2D eigenvalue weighted by atomic mass is 10.2. The number of amides is 1. The normalized spacial score (nSPS) is 16.6. The maximum atomic E-state index is 12.4. The van der Waals surface area contributed by atoms with E-state index >= 15 is 0 Å². The van der Waals surface area contributed by atoms with Gasteiger partial charge in [-0.3, -0.25) is 9.69 Å². The zero-order chi connectivity index (χ0) is 16.9. The van der Waals surface area contributed by atoms with Crippen molar-refractivity contribution in [1.82, 2.24) is 19.8 Å². The van der Waals surface area contributed by atoms with E-state index in [2.05, 4.69) is 39.8 Å². The Kier molecular flexibility index (Phi) is 5.51. The summed E-state index contributed by atoms with van der Waals surface area (Å²) in [5.41, 5.74) is 2.20. The van der Waals surface area contributed by atoms with E-state index in [0.717, 1.165) is 49.2 Å². The summed E-state index contributed by atoms with van der Waals surface area (Å²) in [6.45, 7) is 4.94. The number of imidazole rings is 1. The van der Waals surface area contributed by atoms with E-state index in [1.165, 1.54) is 12.8 Å². The lowest BCUT2D eigenvalue weighted by Crippen LogP contribution is -2.45. The quantitative estimate of drug-likeness (QED) is 0.795. The molecular weight excluding hydrogens is 300 g/mol. The van der Waals surface area contributed by atoms with Crippen molar-refractivity contribution in [3.05, 3.63) is 30.1 Å². The highest BCUT2D eigenvalue weighted by atomic mass is 16.2. The maximum absolute atomic E-state index is 12.4. The van der Waals surface area contributed by atoms with Crippen molar-refractivity contribution in [1.29, 1.82) is 0 Å². The van der Waals surface area contributed by atoms with Crippen molar-refractivity contribution < 1.29 is 4.79 Å². The number of carbonyl (C=O) groups is 1. The molecule has 1 atom stereocenters. The van der Waals surface area contributed by atoms with Crippen molar-refractivity contribution in [3.63, 3.8) is 0 Å². The number of nitrogens with one attached hydrogen (secondary N) is 1. The molecule has 1 N–H and O–H groups in total. The number of aryl methyl sites for hydroxylation is 2. The molecule has 5 heteroatoms. The molecule has 1 unspecified atom stereocenters. The molecule has 24 heavy (non-hydrogen) atoms. The zero-order valence-corrected chi connectivity index (χ0v) is 14.8. The highest BCUT2D eigenvalue weighted by Gasteiger charge is 2.26. The van der Waals surface area contributed by atoms with Crippen molar-refractivity contribution >= 4 is 16.9 Å². The van der Waals surface area contributed by atoms with Gasteiger partial charge in [0.05, 0.1) is 17.1 Å². The molecule has 1 aromatic carbocycles. The van der Waals surface area contributed by atoms with Gasteiger partial charge in [0.15, 0.2) is 0 Å². The number of hydrogen-bond donors (Lipinski definition) is 1. The van der Waals surface area contributed by atoms with Crippen LogP contribution in [0.1, 0.15) is 38.4 Å². The first-order valence-corrected chi connectivity index (χ1v) is 9.12. The molecule has 2 aromatic rings. The Balaban J connectivity index is 1.49. The molecule has 1 fully saturated rings. The highest BCUT2D eigenvalue weighted by Crippen LogP contribution is 2.16. The van der Waals surface area contributed by atoms with Gasteiger partial charge in [-0.15, -0.1) is 0 Å². The largest absolute Gasteiger partial charge is 0.355 e. The topological polar surface area (TPSA) is 50.2 Å². The van der Waals surface area contributed by atoms with Gasteiger partial charge in [-0.2, -0.15) is 0 Å². The zero-order valence-electron chi connectivity index (χ0n) is 14.8. The van der Waals surface area contributed by atoms with Gasteiger partial charge in [-0.25, -0.2) is 4.98 Å². The number of rotatable bonds is 7. The summed E-state index contributed by atoms with van der Waals surface area (Å²) in [7, 11) is 2.06. The fraction of sp³-hybridized carbons (Fsp3) is 0.579. The Morgan fingerprint density at radius 3 is 2.75 bits per heavy atom. The summed E-state index contributed by atoms with van der Waals surface area (Å²) in [6, 6.07) is 8.24. The second-order valence-electron chi connectivity index (χ2n) is 6.64. The van der Waals surface area contributed by atoms with Crippen LogP contribution in [0.3, 0.4) is 0 Å². The Bertz CT molecular complexity index is 688. The van der Waals surface area contributed by atoms with Crippen LogP contribution in [0.25, 0.3) is 11.0 Å². The van der Waals surface area contributed by atoms with E-state index in [1.807, 2.05) is 18.2 Å². The van der Waals surface area contributed by atoms with Crippen LogP contribution < -0.4 is 5.32 Å². The van der Waals surface area contributed by atoms with E-state index in [9.17, 15) is 4.79 Å². The molecule has 1 aliphatic rings. The first kappa shape index (κ1) is 17.0. The average Bonchev–Trinajstić information content (AvgIpc) is 3.22. The highest BCUT2D eigenvalue weighted by molar-refractivity contribution is 5.81. The molecule has 1 saturated heterocycles. The van der Waals surface area contributed by atoms with Crippen LogP contribution >= 0.6 is 0 Å². The number of fused-ring (bicyclic) bond motifs is 1. The number of benzene rings is 1. The molecule has 1 aromatic heterocycles. The van der Waals surface area contributed by atoms with Gasteiger partial charge in [0.25, 0.3) is 0 Å². The molecular formula is C19H28N4O. The first-order chi connectivity index (χ1) is 11.7. The van der Waals surface area contributed by atoms with Crippen molar-refractivity contribution in [2.45, 2.75) is 45.1 Å². The van der Waals surface area contributed by atoms with Gasteiger partial charge in [-0.1, -0.05) is 19.1 Å². The lowest BCUT2D eigenvalue weighted by molar-refractivity contribution is -0.126. The Labute approximate surface area is 144 Å². The first-order valence-electron chi connectivity index (χ1n) is 9.12. The fourth-order valence-corrected chi connectivity index (χ4v) is 3.66. The van der Waals surface area contributed by atoms with Gasteiger partial charge in [0.2, 0.25) is 5.91 Å². The van der Waals surface area contributed by atoms with Crippen molar-refractivity contribution in [2.75, 3.05) is 19.6 Å². The lowest BCUT2D eigenvalue weighted by Gasteiger charge is -2.25. The molecule has 1 amide bonds. The SMILES string of the molecule is CCC(C(=O)NCCCc1nc2ccccc2n1C)N1CCCC1. The minimum absolute atomic E-state index is 0.0447. The number of carbonyl (C=O) groups excluding carboxylic acids is 1. The van der Waals surface area contributed by atoms with Crippen molar-refractivity contribution in [2.24, 2.45) is 7.05 Å². The molecule has 3 rings (SSSR count).